The summed E-state index contributed by atoms with van der Waals surface area (Å²) < 4.78 is 5.43. The lowest BCUT2D eigenvalue weighted by Gasteiger charge is -2.18. The summed E-state index contributed by atoms with van der Waals surface area (Å²) in [5.41, 5.74) is 2.54. The van der Waals surface area contributed by atoms with Gasteiger partial charge in [0.05, 0.1) is 7.11 Å². The van der Waals surface area contributed by atoms with Gasteiger partial charge in [0.1, 0.15) is 5.75 Å². The molecule has 2 nitrogen and oxygen atoms in total. The molecular formula is C19H33NO. The highest BCUT2D eigenvalue weighted by Gasteiger charge is 2.10. The fourth-order valence-electron chi connectivity index (χ4n) is 2.84. The molecule has 0 saturated heterocycles. The predicted octanol–water partition coefficient (Wildman–Crippen LogP) is 5.40. The number of aryl methyl sites for hydroxylation is 1. The molecule has 1 rings (SSSR count). The van der Waals surface area contributed by atoms with Crippen LogP contribution in [0.15, 0.2) is 18.2 Å². The van der Waals surface area contributed by atoms with Gasteiger partial charge in [-0.05, 0) is 37.6 Å². The molecule has 21 heavy (non-hydrogen) atoms. The van der Waals surface area contributed by atoms with Crippen LogP contribution in [0.1, 0.15) is 75.5 Å². The van der Waals surface area contributed by atoms with E-state index in [0.717, 1.165) is 5.75 Å². The minimum absolute atomic E-state index is 0.440. The van der Waals surface area contributed by atoms with E-state index in [9.17, 15) is 0 Å². The third-order valence-electron chi connectivity index (χ3n) is 4.28. The normalized spacial score (nSPS) is 12.4. The van der Waals surface area contributed by atoms with Crippen molar-refractivity contribution in [2.45, 2.75) is 71.3 Å². The minimum atomic E-state index is 0.440. The maximum absolute atomic E-state index is 5.43. The molecule has 0 bridgehead atoms. The van der Waals surface area contributed by atoms with E-state index in [4.69, 9.17) is 4.74 Å². The van der Waals surface area contributed by atoms with Crippen molar-refractivity contribution in [3.63, 3.8) is 0 Å². The number of benzene rings is 1. The summed E-state index contributed by atoms with van der Waals surface area (Å²) in [7, 11) is 3.80. The molecule has 0 aliphatic carbocycles. The highest BCUT2D eigenvalue weighted by Crippen LogP contribution is 2.26. The molecule has 1 N–H and O–H groups in total. The predicted molar refractivity (Wildman–Crippen MR) is 92.1 cm³/mol. The van der Waals surface area contributed by atoms with Crippen LogP contribution in [0.4, 0.5) is 0 Å². The molecule has 0 aliphatic heterocycles. The summed E-state index contributed by atoms with van der Waals surface area (Å²) in [6.07, 6.45) is 10.8. The second kappa shape index (κ2) is 10.7. The Morgan fingerprint density at radius 1 is 1.05 bits per heavy atom. The third kappa shape index (κ3) is 6.52. The van der Waals surface area contributed by atoms with Gasteiger partial charge in [-0.1, -0.05) is 64.0 Å². The van der Waals surface area contributed by atoms with E-state index in [2.05, 4.69) is 44.4 Å². The Morgan fingerprint density at radius 2 is 1.71 bits per heavy atom. The standard InChI is InChI=1S/C19H33NO/c1-5-6-7-8-9-10-11-12-18(20-3)17-14-13-16(2)19(15-17)21-4/h13-15,18,20H,5-12H2,1-4H3. The summed E-state index contributed by atoms with van der Waals surface area (Å²) in [6.45, 7) is 4.36. The molecule has 120 valence electrons. The zero-order valence-electron chi connectivity index (χ0n) is 14.4. The van der Waals surface area contributed by atoms with Crippen LogP contribution in [-0.2, 0) is 0 Å². The molecule has 0 aromatic heterocycles. The van der Waals surface area contributed by atoms with Gasteiger partial charge in [-0.15, -0.1) is 0 Å². The second-order valence-electron chi connectivity index (χ2n) is 5.98. The van der Waals surface area contributed by atoms with Crippen LogP contribution in [0.5, 0.6) is 5.75 Å². The largest absolute Gasteiger partial charge is 0.496 e. The van der Waals surface area contributed by atoms with Gasteiger partial charge in [-0.25, -0.2) is 0 Å². The molecule has 0 saturated carbocycles. The first-order chi connectivity index (χ1) is 10.2. The summed E-state index contributed by atoms with van der Waals surface area (Å²) >= 11 is 0. The summed E-state index contributed by atoms with van der Waals surface area (Å²) in [4.78, 5) is 0. The van der Waals surface area contributed by atoms with E-state index >= 15 is 0 Å². The van der Waals surface area contributed by atoms with Crippen LogP contribution >= 0.6 is 0 Å². The van der Waals surface area contributed by atoms with Gasteiger partial charge >= 0.3 is 0 Å². The highest BCUT2D eigenvalue weighted by atomic mass is 16.5. The molecule has 0 aliphatic rings. The first-order valence-corrected chi connectivity index (χ1v) is 8.54. The van der Waals surface area contributed by atoms with Crippen molar-refractivity contribution in [3.8, 4) is 5.75 Å². The zero-order chi connectivity index (χ0) is 15.5. The van der Waals surface area contributed by atoms with Gasteiger partial charge in [-0.2, -0.15) is 0 Å². The number of rotatable bonds is 11. The number of methoxy groups -OCH3 is 1. The molecule has 0 fully saturated rings. The molecule has 0 spiro atoms. The smallest absolute Gasteiger partial charge is 0.122 e. The highest BCUT2D eigenvalue weighted by molar-refractivity contribution is 5.37. The fourth-order valence-corrected chi connectivity index (χ4v) is 2.84. The van der Waals surface area contributed by atoms with Crippen molar-refractivity contribution in [2.75, 3.05) is 14.2 Å². The Labute approximate surface area is 131 Å². The number of ether oxygens (including phenoxy) is 1. The Bertz CT molecular complexity index is 389. The zero-order valence-corrected chi connectivity index (χ0v) is 14.4. The average Bonchev–Trinajstić information content (AvgIpc) is 2.51. The van der Waals surface area contributed by atoms with Crippen LogP contribution in [0.2, 0.25) is 0 Å². The van der Waals surface area contributed by atoms with E-state index in [1.54, 1.807) is 7.11 Å². The summed E-state index contributed by atoms with van der Waals surface area (Å²) in [6, 6.07) is 7.00. The van der Waals surface area contributed by atoms with Gasteiger partial charge in [0.25, 0.3) is 0 Å². The molecule has 0 radical (unpaired) electrons. The Kier molecular flexibility index (Phi) is 9.16. The summed E-state index contributed by atoms with van der Waals surface area (Å²) in [5.74, 6) is 0.993. The lowest BCUT2D eigenvalue weighted by Crippen LogP contribution is -2.16. The maximum Gasteiger partial charge on any atom is 0.122 e. The molecular weight excluding hydrogens is 258 g/mol. The topological polar surface area (TPSA) is 21.3 Å². The Morgan fingerprint density at radius 3 is 2.33 bits per heavy atom. The van der Waals surface area contributed by atoms with Crippen molar-refractivity contribution in [1.29, 1.82) is 0 Å². The average molecular weight is 291 g/mol. The van der Waals surface area contributed by atoms with E-state index in [1.165, 1.54) is 62.5 Å². The first-order valence-electron chi connectivity index (χ1n) is 8.54. The number of hydrogen-bond donors (Lipinski definition) is 1. The van der Waals surface area contributed by atoms with Gasteiger partial charge in [0.15, 0.2) is 0 Å². The SMILES string of the molecule is CCCCCCCCCC(NC)c1ccc(C)c(OC)c1. The van der Waals surface area contributed by atoms with Gasteiger partial charge in [0, 0.05) is 6.04 Å². The van der Waals surface area contributed by atoms with E-state index in [1.807, 2.05) is 0 Å². The number of unbranched alkanes of at least 4 members (excludes halogenated alkanes) is 6. The molecule has 0 heterocycles. The molecule has 1 aromatic rings. The molecule has 0 amide bonds. The number of nitrogens with one attached hydrogen (secondary N) is 1. The molecule has 2 heteroatoms. The van der Waals surface area contributed by atoms with E-state index < -0.39 is 0 Å². The summed E-state index contributed by atoms with van der Waals surface area (Å²) in [5, 5.41) is 3.44. The van der Waals surface area contributed by atoms with Crippen molar-refractivity contribution in [1.82, 2.24) is 5.32 Å². The van der Waals surface area contributed by atoms with Gasteiger partial charge < -0.3 is 10.1 Å². The lowest BCUT2D eigenvalue weighted by atomic mass is 9.98. The Balaban J connectivity index is 2.37. The monoisotopic (exact) mass is 291 g/mol. The second-order valence-corrected chi connectivity index (χ2v) is 5.98. The molecule has 1 atom stereocenters. The third-order valence-corrected chi connectivity index (χ3v) is 4.28. The van der Waals surface area contributed by atoms with Crippen molar-refractivity contribution in [2.24, 2.45) is 0 Å². The van der Waals surface area contributed by atoms with Crippen LogP contribution in [0.25, 0.3) is 0 Å². The quantitative estimate of drug-likeness (QED) is 0.551. The van der Waals surface area contributed by atoms with Crippen LogP contribution < -0.4 is 10.1 Å². The van der Waals surface area contributed by atoms with Crippen molar-refractivity contribution >= 4 is 0 Å². The minimum Gasteiger partial charge on any atom is -0.496 e. The van der Waals surface area contributed by atoms with Crippen LogP contribution in [-0.4, -0.2) is 14.2 Å². The van der Waals surface area contributed by atoms with Gasteiger partial charge in [0.2, 0.25) is 0 Å². The number of hydrogen-bond acceptors (Lipinski definition) is 2. The first kappa shape index (κ1) is 18.0. The van der Waals surface area contributed by atoms with Crippen molar-refractivity contribution in [3.05, 3.63) is 29.3 Å². The van der Waals surface area contributed by atoms with E-state index in [0.29, 0.717) is 6.04 Å². The van der Waals surface area contributed by atoms with Crippen LogP contribution in [0.3, 0.4) is 0 Å². The lowest BCUT2D eigenvalue weighted by molar-refractivity contribution is 0.409. The van der Waals surface area contributed by atoms with Gasteiger partial charge in [-0.3, -0.25) is 0 Å². The maximum atomic E-state index is 5.43. The Hall–Kier alpha value is -1.02. The molecule has 1 aromatic carbocycles. The van der Waals surface area contributed by atoms with E-state index in [-0.39, 0.29) is 0 Å². The van der Waals surface area contributed by atoms with Crippen LogP contribution in [0, 0.1) is 6.92 Å². The molecule has 1 unspecified atom stereocenters. The van der Waals surface area contributed by atoms with Crippen molar-refractivity contribution < 1.29 is 4.74 Å². The fraction of sp³-hybridized carbons (Fsp3) is 0.684.